The molecule has 16 heavy (non-hydrogen) atoms. The number of aliphatic hydroxyl groups is 1. The lowest BCUT2D eigenvalue weighted by Gasteiger charge is -2.25. The lowest BCUT2D eigenvalue weighted by Crippen LogP contribution is -2.30. The predicted octanol–water partition coefficient (Wildman–Crippen LogP) is 2.65. The predicted molar refractivity (Wildman–Crippen MR) is 66.4 cm³/mol. The molecular formula is C14H22O2. The summed E-state index contributed by atoms with van der Waals surface area (Å²) >= 11 is 0. The summed E-state index contributed by atoms with van der Waals surface area (Å²) in [5, 5.41) is 9.76. The molecule has 0 amide bonds. The second-order valence-corrected chi connectivity index (χ2v) is 5.19. The van der Waals surface area contributed by atoms with Crippen LogP contribution in [-0.2, 0) is 11.2 Å². The summed E-state index contributed by atoms with van der Waals surface area (Å²) in [7, 11) is 0. The van der Waals surface area contributed by atoms with E-state index in [0.29, 0.717) is 13.2 Å². The van der Waals surface area contributed by atoms with Crippen molar-refractivity contribution in [2.75, 3.05) is 13.2 Å². The van der Waals surface area contributed by atoms with Gasteiger partial charge in [0.2, 0.25) is 0 Å². The van der Waals surface area contributed by atoms with E-state index in [4.69, 9.17) is 4.74 Å². The van der Waals surface area contributed by atoms with E-state index < -0.39 is 6.10 Å². The zero-order valence-corrected chi connectivity index (χ0v) is 10.4. The summed E-state index contributed by atoms with van der Waals surface area (Å²) in [6.07, 6.45) is 0.501. The van der Waals surface area contributed by atoms with Gasteiger partial charge in [0.25, 0.3) is 0 Å². The van der Waals surface area contributed by atoms with Crippen molar-refractivity contribution < 1.29 is 9.84 Å². The van der Waals surface area contributed by atoms with Crippen molar-refractivity contribution in [1.29, 1.82) is 0 Å². The second-order valence-electron chi connectivity index (χ2n) is 5.19. The molecule has 2 heteroatoms. The third-order valence-electron chi connectivity index (χ3n) is 2.65. The molecule has 0 aliphatic carbocycles. The number of hydrogen-bond donors (Lipinski definition) is 1. The van der Waals surface area contributed by atoms with Crippen molar-refractivity contribution in [2.24, 2.45) is 5.41 Å². The molecule has 0 spiro atoms. The Hall–Kier alpha value is -0.860. The van der Waals surface area contributed by atoms with E-state index in [0.717, 1.165) is 6.42 Å². The molecule has 1 aromatic rings. The molecule has 0 bridgehead atoms. The van der Waals surface area contributed by atoms with E-state index in [1.54, 1.807) is 0 Å². The summed E-state index contributed by atoms with van der Waals surface area (Å²) in [6.45, 7) is 7.11. The quantitative estimate of drug-likeness (QED) is 0.776. The van der Waals surface area contributed by atoms with E-state index in [-0.39, 0.29) is 5.41 Å². The zero-order valence-electron chi connectivity index (χ0n) is 10.4. The van der Waals surface area contributed by atoms with Crippen LogP contribution in [0.5, 0.6) is 0 Å². The number of benzene rings is 1. The van der Waals surface area contributed by atoms with E-state index in [9.17, 15) is 5.11 Å². The highest BCUT2D eigenvalue weighted by Crippen LogP contribution is 2.19. The molecule has 2 nitrogen and oxygen atoms in total. The van der Waals surface area contributed by atoms with Crippen molar-refractivity contribution in [3.8, 4) is 0 Å². The van der Waals surface area contributed by atoms with Crippen LogP contribution in [-0.4, -0.2) is 24.4 Å². The van der Waals surface area contributed by atoms with Gasteiger partial charge in [-0.05, 0) is 17.4 Å². The monoisotopic (exact) mass is 222 g/mol. The van der Waals surface area contributed by atoms with Gasteiger partial charge < -0.3 is 9.84 Å². The second kappa shape index (κ2) is 6.02. The van der Waals surface area contributed by atoms with Crippen LogP contribution in [0, 0.1) is 5.41 Å². The smallest absolute Gasteiger partial charge is 0.0821 e. The lowest BCUT2D eigenvalue weighted by molar-refractivity contribution is -0.0195. The summed E-state index contributed by atoms with van der Waals surface area (Å²) < 4.78 is 5.48. The van der Waals surface area contributed by atoms with E-state index in [1.807, 2.05) is 39.0 Å². The average molecular weight is 222 g/mol. The molecule has 90 valence electrons. The van der Waals surface area contributed by atoms with Crippen LogP contribution in [0.1, 0.15) is 26.3 Å². The first-order valence-corrected chi connectivity index (χ1v) is 5.80. The molecule has 0 radical (unpaired) electrons. The Labute approximate surface area is 98.3 Å². The van der Waals surface area contributed by atoms with Gasteiger partial charge in [0.05, 0.1) is 19.3 Å². The minimum absolute atomic E-state index is 0.104. The Morgan fingerprint density at radius 3 is 2.38 bits per heavy atom. The van der Waals surface area contributed by atoms with Gasteiger partial charge in [-0.2, -0.15) is 0 Å². The molecule has 0 heterocycles. The normalized spacial score (nSPS) is 13.8. The van der Waals surface area contributed by atoms with Gasteiger partial charge in [-0.15, -0.1) is 0 Å². The Balaban J connectivity index is 2.18. The minimum atomic E-state index is -0.400. The van der Waals surface area contributed by atoms with Gasteiger partial charge in [-0.3, -0.25) is 0 Å². The molecule has 1 atom stereocenters. The minimum Gasteiger partial charge on any atom is -0.390 e. The van der Waals surface area contributed by atoms with E-state index in [2.05, 4.69) is 12.1 Å². The first-order chi connectivity index (χ1) is 7.50. The Bertz CT molecular complexity index is 287. The van der Waals surface area contributed by atoms with Crippen LogP contribution < -0.4 is 0 Å². The Kier molecular flexibility index (Phi) is 4.97. The van der Waals surface area contributed by atoms with Gasteiger partial charge >= 0.3 is 0 Å². The largest absolute Gasteiger partial charge is 0.390 e. The van der Waals surface area contributed by atoms with Crippen LogP contribution in [0.15, 0.2) is 30.3 Å². The highest BCUT2D eigenvalue weighted by atomic mass is 16.5. The number of hydrogen-bond acceptors (Lipinski definition) is 2. The average Bonchev–Trinajstić information content (AvgIpc) is 2.24. The van der Waals surface area contributed by atoms with Crippen molar-refractivity contribution in [2.45, 2.75) is 33.3 Å². The molecular weight excluding hydrogens is 200 g/mol. The molecule has 0 fully saturated rings. The van der Waals surface area contributed by atoms with Crippen molar-refractivity contribution in [3.05, 3.63) is 35.9 Å². The Morgan fingerprint density at radius 1 is 1.19 bits per heavy atom. The van der Waals surface area contributed by atoms with Crippen molar-refractivity contribution >= 4 is 0 Å². The first kappa shape index (κ1) is 13.2. The summed E-state index contributed by atoms with van der Waals surface area (Å²) in [5.41, 5.74) is 1.17. The number of rotatable bonds is 5. The van der Waals surface area contributed by atoms with Crippen molar-refractivity contribution in [1.82, 2.24) is 0 Å². The van der Waals surface area contributed by atoms with Gasteiger partial charge in [0.15, 0.2) is 0 Å². The van der Waals surface area contributed by atoms with Gasteiger partial charge in [0.1, 0.15) is 0 Å². The molecule has 1 unspecified atom stereocenters. The van der Waals surface area contributed by atoms with E-state index in [1.165, 1.54) is 5.56 Å². The number of aliphatic hydroxyl groups excluding tert-OH is 1. The van der Waals surface area contributed by atoms with Crippen molar-refractivity contribution in [3.63, 3.8) is 0 Å². The van der Waals surface area contributed by atoms with E-state index >= 15 is 0 Å². The maximum absolute atomic E-state index is 9.76. The van der Waals surface area contributed by atoms with Crippen LogP contribution in [0.3, 0.4) is 0 Å². The summed E-state index contributed by atoms with van der Waals surface area (Å²) in [4.78, 5) is 0. The summed E-state index contributed by atoms with van der Waals surface area (Å²) in [6, 6.07) is 10.2. The fourth-order valence-electron chi connectivity index (χ4n) is 1.28. The summed E-state index contributed by atoms with van der Waals surface area (Å²) in [5.74, 6) is 0. The molecule has 0 aliphatic heterocycles. The zero-order chi connectivity index (χ0) is 12.0. The van der Waals surface area contributed by atoms with Crippen LogP contribution in [0.25, 0.3) is 0 Å². The lowest BCUT2D eigenvalue weighted by atomic mass is 9.90. The van der Waals surface area contributed by atoms with Crippen LogP contribution in [0.2, 0.25) is 0 Å². The molecule has 1 rings (SSSR count). The molecule has 0 aromatic heterocycles. The molecule has 0 saturated heterocycles. The fourth-order valence-corrected chi connectivity index (χ4v) is 1.28. The third kappa shape index (κ3) is 4.77. The standard InChI is InChI=1S/C14H22O2/c1-14(2,3)13(15)11-16-10-9-12-7-5-4-6-8-12/h4-8,13,15H,9-11H2,1-3H3. The molecule has 0 saturated carbocycles. The maximum Gasteiger partial charge on any atom is 0.0821 e. The third-order valence-corrected chi connectivity index (χ3v) is 2.65. The molecule has 1 aromatic carbocycles. The molecule has 0 aliphatic rings. The SMILES string of the molecule is CC(C)(C)C(O)COCCc1ccccc1. The highest BCUT2D eigenvalue weighted by molar-refractivity contribution is 5.14. The highest BCUT2D eigenvalue weighted by Gasteiger charge is 2.21. The fraction of sp³-hybridized carbons (Fsp3) is 0.571. The number of ether oxygens (including phenoxy) is 1. The van der Waals surface area contributed by atoms with Crippen LogP contribution >= 0.6 is 0 Å². The van der Waals surface area contributed by atoms with Gasteiger partial charge in [0, 0.05) is 0 Å². The van der Waals surface area contributed by atoms with Gasteiger partial charge in [-0.25, -0.2) is 0 Å². The first-order valence-electron chi connectivity index (χ1n) is 5.80. The topological polar surface area (TPSA) is 29.5 Å². The molecule has 1 N–H and O–H groups in total. The van der Waals surface area contributed by atoms with Gasteiger partial charge in [-0.1, -0.05) is 51.1 Å². The van der Waals surface area contributed by atoms with Crippen LogP contribution in [0.4, 0.5) is 0 Å². The maximum atomic E-state index is 9.76. The Morgan fingerprint density at radius 2 is 1.81 bits per heavy atom.